The van der Waals surface area contributed by atoms with Gasteiger partial charge in [-0.25, -0.2) is 4.98 Å². The fourth-order valence-electron chi connectivity index (χ4n) is 2.38. The smallest absolute Gasteiger partial charge is 0.257 e. The van der Waals surface area contributed by atoms with Crippen LogP contribution < -0.4 is 16.4 Å². The first-order chi connectivity index (χ1) is 13.6. The number of nitrogens with two attached hydrogens (primary N) is 1. The molecule has 0 atom stereocenters. The lowest BCUT2D eigenvalue weighted by Crippen LogP contribution is -2.13. The van der Waals surface area contributed by atoms with Crippen LogP contribution in [0.25, 0.3) is 0 Å². The summed E-state index contributed by atoms with van der Waals surface area (Å²) in [6.07, 6.45) is 2.64. The zero-order valence-corrected chi connectivity index (χ0v) is 16.8. The van der Waals surface area contributed by atoms with Gasteiger partial charge in [0.05, 0.1) is 16.3 Å². The maximum absolute atomic E-state index is 12.1. The van der Waals surface area contributed by atoms with Gasteiger partial charge in [0.2, 0.25) is 0 Å². The van der Waals surface area contributed by atoms with Crippen molar-refractivity contribution in [1.29, 1.82) is 0 Å². The Hall–Kier alpha value is -2.89. The Labute approximate surface area is 171 Å². The largest absolute Gasteiger partial charge is 0.373 e. The SMILES string of the molecule is CCc1ccccc1.CNc1ccc(C(=O)Nc2cc(CN)ccc2Cl)cn1. The molecule has 3 rings (SSSR count). The predicted molar refractivity (Wildman–Crippen MR) is 117 cm³/mol. The van der Waals surface area contributed by atoms with Gasteiger partial charge in [0, 0.05) is 19.8 Å². The van der Waals surface area contributed by atoms with Crippen LogP contribution in [0.2, 0.25) is 5.02 Å². The average molecular weight is 397 g/mol. The van der Waals surface area contributed by atoms with E-state index in [2.05, 4.69) is 46.8 Å². The summed E-state index contributed by atoms with van der Waals surface area (Å²) in [6.45, 7) is 2.55. The van der Waals surface area contributed by atoms with Gasteiger partial charge in [-0.3, -0.25) is 4.79 Å². The van der Waals surface area contributed by atoms with E-state index in [-0.39, 0.29) is 5.91 Å². The minimum absolute atomic E-state index is 0.267. The van der Waals surface area contributed by atoms with Crippen molar-refractivity contribution in [3.05, 3.63) is 88.6 Å². The molecule has 0 saturated carbocycles. The highest BCUT2D eigenvalue weighted by atomic mass is 35.5. The second kappa shape index (κ2) is 11.1. The summed E-state index contributed by atoms with van der Waals surface area (Å²) >= 11 is 6.05. The van der Waals surface area contributed by atoms with Crippen molar-refractivity contribution in [2.75, 3.05) is 17.7 Å². The van der Waals surface area contributed by atoms with Crippen LogP contribution in [-0.2, 0) is 13.0 Å². The highest BCUT2D eigenvalue weighted by Crippen LogP contribution is 2.23. The molecule has 0 unspecified atom stereocenters. The van der Waals surface area contributed by atoms with Crippen LogP contribution in [0.5, 0.6) is 0 Å². The van der Waals surface area contributed by atoms with Gasteiger partial charge in [0.1, 0.15) is 5.82 Å². The lowest BCUT2D eigenvalue weighted by atomic mass is 10.2. The van der Waals surface area contributed by atoms with Gasteiger partial charge < -0.3 is 16.4 Å². The lowest BCUT2D eigenvalue weighted by Gasteiger charge is -2.09. The highest BCUT2D eigenvalue weighted by Gasteiger charge is 2.09. The molecule has 0 aliphatic carbocycles. The number of halogens is 1. The van der Waals surface area contributed by atoms with E-state index in [1.54, 1.807) is 31.3 Å². The number of pyridine rings is 1. The first-order valence-electron chi connectivity index (χ1n) is 9.05. The number of nitrogens with zero attached hydrogens (tertiary/aromatic N) is 1. The molecule has 0 bridgehead atoms. The van der Waals surface area contributed by atoms with Gasteiger partial charge in [-0.2, -0.15) is 0 Å². The van der Waals surface area contributed by atoms with Crippen LogP contribution in [0.4, 0.5) is 11.5 Å². The van der Waals surface area contributed by atoms with Crippen LogP contribution in [0, 0.1) is 0 Å². The normalized spacial score (nSPS) is 9.86. The third-order valence-electron chi connectivity index (χ3n) is 4.05. The van der Waals surface area contributed by atoms with Gasteiger partial charge in [0.15, 0.2) is 0 Å². The maximum atomic E-state index is 12.1. The van der Waals surface area contributed by atoms with Gasteiger partial charge in [-0.05, 0) is 41.8 Å². The molecule has 0 aliphatic heterocycles. The second-order valence-corrected chi connectivity index (χ2v) is 6.40. The number of amides is 1. The van der Waals surface area contributed by atoms with Crippen molar-refractivity contribution < 1.29 is 4.79 Å². The Morgan fingerprint density at radius 2 is 1.82 bits per heavy atom. The Balaban J connectivity index is 0.000000292. The topological polar surface area (TPSA) is 80.0 Å². The van der Waals surface area contributed by atoms with E-state index in [4.69, 9.17) is 17.3 Å². The maximum Gasteiger partial charge on any atom is 0.257 e. The first-order valence-corrected chi connectivity index (χ1v) is 9.42. The zero-order valence-electron chi connectivity index (χ0n) is 16.1. The number of aromatic nitrogens is 1. The molecule has 0 aliphatic rings. The number of hydrogen-bond acceptors (Lipinski definition) is 4. The van der Waals surface area contributed by atoms with E-state index >= 15 is 0 Å². The molecule has 0 radical (unpaired) electrons. The summed E-state index contributed by atoms with van der Waals surface area (Å²) in [5, 5.41) is 6.11. The average Bonchev–Trinajstić information content (AvgIpc) is 2.76. The van der Waals surface area contributed by atoms with Crippen molar-refractivity contribution in [2.45, 2.75) is 19.9 Å². The predicted octanol–water partition coefficient (Wildman–Crippen LogP) is 4.74. The molecule has 0 saturated heterocycles. The molecule has 0 spiro atoms. The van der Waals surface area contributed by atoms with E-state index in [1.165, 1.54) is 11.8 Å². The third-order valence-corrected chi connectivity index (χ3v) is 4.38. The van der Waals surface area contributed by atoms with E-state index in [9.17, 15) is 4.79 Å². The van der Waals surface area contributed by atoms with Crippen LogP contribution >= 0.6 is 11.6 Å². The monoisotopic (exact) mass is 396 g/mol. The molecule has 1 amide bonds. The number of carbonyl (C=O) groups excluding carboxylic acids is 1. The Morgan fingerprint density at radius 1 is 1.07 bits per heavy atom. The minimum Gasteiger partial charge on any atom is -0.373 e. The van der Waals surface area contributed by atoms with Crippen LogP contribution in [-0.4, -0.2) is 17.9 Å². The molecule has 1 heterocycles. The van der Waals surface area contributed by atoms with Crippen molar-refractivity contribution in [2.24, 2.45) is 5.73 Å². The van der Waals surface area contributed by atoms with Crippen LogP contribution in [0.3, 0.4) is 0 Å². The number of benzene rings is 2. The van der Waals surface area contributed by atoms with Gasteiger partial charge >= 0.3 is 0 Å². The van der Waals surface area contributed by atoms with Crippen molar-refractivity contribution in [3.8, 4) is 0 Å². The molecular weight excluding hydrogens is 372 g/mol. The van der Waals surface area contributed by atoms with Gasteiger partial charge in [-0.1, -0.05) is 54.9 Å². The molecular formula is C22H25ClN4O. The molecule has 2 aromatic carbocycles. The molecule has 0 fully saturated rings. The number of anilines is 2. The first kappa shape index (κ1) is 21.4. The summed E-state index contributed by atoms with van der Waals surface area (Å²) in [5.74, 6) is 0.431. The summed E-state index contributed by atoms with van der Waals surface area (Å²) in [5.41, 5.74) is 8.87. The molecule has 1 aromatic heterocycles. The van der Waals surface area contributed by atoms with E-state index < -0.39 is 0 Å². The quantitative estimate of drug-likeness (QED) is 0.582. The summed E-state index contributed by atoms with van der Waals surface area (Å²) in [4.78, 5) is 16.2. The van der Waals surface area contributed by atoms with E-state index in [0.29, 0.717) is 28.6 Å². The van der Waals surface area contributed by atoms with Crippen molar-refractivity contribution >= 4 is 29.0 Å². The minimum atomic E-state index is -0.267. The molecule has 4 N–H and O–H groups in total. The Bertz CT molecular complexity index is 883. The van der Waals surface area contributed by atoms with Crippen molar-refractivity contribution in [1.82, 2.24) is 4.98 Å². The molecule has 146 valence electrons. The Morgan fingerprint density at radius 3 is 2.36 bits per heavy atom. The van der Waals surface area contributed by atoms with E-state index in [1.807, 2.05) is 12.1 Å². The second-order valence-electron chi connectivity index (χ2n) is 5.99. The van der Waals surface area contributed by atoms with Gasteiger partial charge in [0.25, 0.3) is 5.91 Å². The molecule has 6 heteroatoms. The molecule has 3 aromatic rings. The third kappa shape index (κ3) is 6.37. The number of aryl methyl sites for hydroxylation is 1. The summed E-state index contributed by atoms with van der Waals surface area (Å²) in [6, 6.07) is 19.2. The number of carbonyl (C=O) groups is 1. The lowest BCUT2D eigenvalue weighted by molar-refractivity contribution is 0.102. The fraction of sp³-hybridized carbons (Fsp3) is 0.182. The molecule has 5 nitrogen and oxygen atoms in total. The summed E-state index contributed by atoms with van der Waals surface area (Å²) < 4.78 is 0. The zero-order chi connectivity index (χ0) is 20.4. The number of hydrogen-bond donors (Lipinski definition) is 3. The van der Waals surface area contributed by atoms with E-state index in [0.717, 1.165) is 12.0 Å². The highest BCUT2D eigenvalue weighted by molar-refractivity contribution is 6.34. The van der Waals surface area contributed by atoms with Crippen molar-refractivity contribution in [3.63, 3.8) is 0 Å². The number of rotatable bonds is 5. The summed E-state index contributed by atoms with van der Waals surface area (Å²) in [7, 11) is 1.76. The standard InChI is InChI=1S/C14H15ClN4O.C8H10/c1-17-13-5-3-10(8-18-13)14(20)19-12-6-9(7-16)2-4-11(12)15;1-2-8-6-4-3-5-7-8/h2-6,8H,7,16H2,1H3,(H,17,18)(H,19,20);3-7H,2H2,1H3. The number of nitrogens with one attached hydrogen (secondary N) is 2. The molecule has 28 heavy (non-hydrogen) atoms. The van der Waals surface area contributed by atoms with Gasteiger partial charge in [-0.15, -0.1) is 0 Å². The fourth-order valence-corrected chi connectivity index (χ4v) is 2.54. The van der Waals surface area contributed by atoms with Crippen LogP contribution in [0.1, 0.15) is 28.4 Å². The van der Waals surface area contributed by atoms with Crippen LogP contribution in [0.15, 0.2) is 66.9 Å². The Kier molecular flexibility index (Phi) is 8.46.